The summed E-state index contributed by atoms with van der Waals surface area (Å²) in [6.07, 6.45) is 1.54. The second-order valence-electron chi connectivity index (χ2n) is 8.04. The molecular formula is C22H26N6OS. The Labute approximate surface area is 179 Å². The van der Waals surface area contributed by atoms with E-state index in [2.05, 4.69) is 58.4 Å². The molecule has 7 nitrogen and oxygen atoms in total. The Hall–Kier alpha value is -2.68. The van der Waals surface area contributed by atoms with Gasteiger partial charge < -0.3 is 15.8 Å². The Morgan fingerprint density at radius 3 is 2.97 bits per heavy atom. The Kier molecular flexibility index (Phi) is 4.85. The molecule has 3 N–H and O–H groups in total. The molecule has 0 bridgehead atoms. The Balaban J connectivity index is 1.63. The molecule has 0 spiro atoms. The van der Waals surface area contributed by atoms with Crippen LogP contribution in [0.4, 0.5) is 5.82 Å². The molecule has 1 aliphatic rings. The second kappa shape index (κ2) is 7.54. The number of hydrogen-bond acceptors (Lipinski definition) is 7. The maximum Gasteiger partial charge on any atom is 0.152 e. The lowest BCUT2D eigenvalue weighted by Crippen LogP contribution is -2.48. The van der Waals surface area contributed by atoms with Crippen LogP contribution >= 0.6 is 11.3 Å². The first-order valence-corrected chi connectivity index (χ1v) is 11.0. The van der Waals surface area contributed by atoms with Gasteiger partial charge in [0.1, 0.15) is 17.6 Å². The van der Waals surface area contributed by atoms with E-state index in [9.17, 15) is 0 Å². The third kappa shape index (κ3) is 3.30. The Morgan fingerprint density at radius 2 is 2.17 bits per heavy atom. The average molecular weight is 423 g/mol. The van der Waals surface area contributed by atoms with E-state index in [0.717, 1.165) is 58.3 Å². The molecule has 1 atom stereocenters. The number of nitrogens with two attached hydrogens (primary N) is 1. The molecule has 1 saturated heterocycles. The maximum atomic E-state index is 6.32. The topological polar surface area (TPSA) is 80.7 Å². The summed E-state index contributed by atoms with van der Waals surface area (Å²) in [7, 11) is 1.72. The fourth-order valence-corrected chi connectivity index (χ4v) is 5.52. The lowest BCUT2D eigenvalue weighted by molar-refractivity contribution is 0.196. The standard InChI is InChI=1S/C22H26N6OS/c1-13-6-15-8-19(30-21(15)18(7-13)29-3)17-9-16(11-27-5-4-24-14(2)10-27)28-20(17)22(23)25-12-26-28/h6-9,12,14,24H,4-5,10-11H2,1-3H3,(H2,23,25,26). The van der Waals surface area contributed by atoms with Gasteiger partial charge in [-0.05, 0) is 43.0 Å². The number of hydrogen-bond donors (Lipinski definition) is 2. The summed E-state index contributed by atoms with van der Waals surface area (Å²) in [5, 5.41) is 9.22. The number of ether oxygens (including phenoxy) is 1. The van der Waals surface area contributed by atoms with Gasteiger partial charge in [-0.25, -0.2) is 9.50 Å². The second-order valence-corrected chi connectivity index (χ2v) is 9.09. The Bertz CT molecular complexity index is 1230. The molecule has 1 fully saturated rings. The highest BCUT2D eigenvalue weighted by atomic mass is 32.1. The minimum Gasteiger partial charge on any atom is -0.495 e. The van der Waals surface area contributed by atoms with Crippen LogP contribution in [0.15, 0.2) is 30.6 Å². The van der Waals surface area contributed by atoms with Crippen molar-refractivity contribution in [1.29, 1.82) is 0 Å². The van der Waals surface area contributed by atoms with Crippen molar-refractivity contribution in [2.75, 3.05) is 32.5 Å². The van der Waals surface area contributed by atoms with Crippen molar-refractivity contribution in [3.8, 4) is 16.2 Å². The number of fused-ring (bicyclic) bond motifs is 2. The molecule has 1 aromatic carbocycles. The number of benzene rings is 1. The van der Waals surface area contributed by atoms with Crippen molar-refractivity contribution in [2.45, 2.75) is 26.4 Å². The van der Waals surface area contributed by atoms with Gasteiger partial charge in [0, 0.05) is 42.7 Å². The Morgan fingerprint density at radius 1 is 1.30 bits per heavy atom. The number of thiophene rings is 1. The first-order chi connectivity index (χ1) is 14.5. The van der Waals surface area contributed by atoms with Crippen molar-refractivity contribution in [2.24, 2.45) is 0 Å². The van der Waals surface area contributed by atoms with E-state index in [4.69, 9.17) is 10.5 Å². The van der Waals surface area contributed by atoms with Gasteiger partial charge in [0.05, 0.1) is 17.5 Å². The molecule has 156 valence electrons. The van der Waals surface area contributed by atoms with Gasteiger partial charge in [0.15, 0.2) is 5.82 Å². The van der Waals surface area contributed by atoms with Gasteiger partial charge in [-0.1, -0.05) is 6.07 Å². The van der Waals surface area contributed by atoms with Crippen LogP contribution in [0.1, 0.15) is 18.2 Å². The molecule has 0 amide bonds. The van der Waals surface area contributed by atoms with Gasteiger partial charge in [-0.15, -0.1) is 11.3 Å². The van der Waals surface area contributed by atoms with Gasteiger partial charge in [0.25, 0.3) is 0 Å². The highest BCUT2D eigenvalue weighted by Gasteiger charge is 2.21. The SMILES string of the molecule is COc1cc(C)cc2cc(-c3cc(CN4CCNC(C)C4)n4ncnc(N)c34)sc12. The average Bonchev–Trinajstić information content (AvgIpc) is 3.30. The van der Waals surface area contributed by atoms with Crippen molar-refractivity contribution in [3.05, 3.63) is 41.9 Å². The van der Waals surface area contributed by atoms with E-state index in [1.54, 1.807) is 18.4 Å². The molecule has 4 heterocycles. The van der Waals surface area contributed by atoms with E-state index in [0.29, 0.717) is 11.9 Å². The van der Waals surface area contributed by atoms with E-state index in [-0.39, 0.29) is 0 Å². The number of aryl methyl sites for hydroxylation is 1. The van der Waals surface area contributed by atoms with Crippen LogP contribution in [0.2, 0.25) is 0 Å². The van der Waals surface area contributed by atoms with Gasteiger partial charge in [-0.3, -0.25) is 4.90 Å². The quantitative estimate of drug-likeness (QED) is 0.525. The van der Waals surface area contributed by atoms with Crippen LogP contribution in [-0.2, 0) is 6.54 Å². The summed E-state index contributed by atoms with van der Waals surface area (Å²) in [4.78, 5) is 7.88. The lowest BCUT2D eigenvalue weighted by Gasteiger charge is -2.31. The van der Waals surface area contributed by atoms with E-state index < -0.39 is 0 Å². The maximum absolute atomic E-state index is 6.32. The lowest BCUT2D eigenvalue weighted by atomic mass is 10.1. The number of rotatable bonds is 4. The fraction of sp³-hybridized carbons (Fsp3) is 0.364. The number of nitrogen functional groups attached to an aromatic ring is 1. The number of nitrogens with zero attached hydrogens (tertiary/aromatic N) is 4. The van der Waals surface area contributed by atoms with Crippen LogP contribution in [0, 0.1) is 6.92 Å². The molecule has 3 aromatic heterocycles. The third-order valence-corrected chi connectivity index (χ3v) is 6.91. The molecule has 4 aromatic rings. The summed E-state index contributed by atoms with van der Waals surface area (Å²) in [6, 6.07) is 9.20. The van der Waals surface area contributed by atoms with Crippen molar-refractivity contribution in [1.82, 2.24) is 24.8 Å². The van der Waals surface area contributed by atoms with Crippen LogP contribution in [0.5, 0.6) is 5.75 Å². The van der Waals surface area contributed by atoms with Crippen LogP contribution in [-0.4, -0.2) is 52.3 Å². The normalized spacial score (nSPS) is 17.8. The van der Waals surface area contributed by atoms with Gasteiger partial charge in [-0.2, -0.15) is 5.10 Å². The number of methoxy groups -OCH3 is 1. The summed E-state index contributed by atoms with van der Waals surface area (Å²) >= 11 is 1.72. The summed E-state index contributed by atoms with van der Waals surface area (Å²) in [5.41, 5.74) is 10.6. The van der Waals surface area contributed by atoms with E-state index >= 15 is 0 Å². The molecule has 0 saturated carbocycles. The highest BCUT2D eigenvalue weighted by molar-refractivity contribution is 7.22. The number of anilines is 1. The van der Waals surface area contributed by atoms with E-state index in [1.807, 2.05) is 4.52 Å². The number of piperazine rings is 1. The number of nitrogens with one attached hydrogen (secondary N) is 1. The van der Waals surface area contributed by atoms with Crippen molar-refractivity contribution in [3.63, 3.8) is 0 Å². The fourth-order valence-electron chi connectivity index (χ4n) is 4.37. The first kappa shape index (κ1) is 19.3. The highest BCUT2D eigenvalue weighted by Crippen LogP contribution is 2.42. The van der Waals surface area contributed by atoms with Gasteiger partial charge >= 0.3 is 0 Å². The van der Waals surface area contributed by atoms with Crippen LogP contribution < -0.4 is 15.8 Å². The zero-order valence-electron chi connectivity index (χ0n) is 17.5. The van der Waals surface area contributed by atoms with Crippen molar-refractivity contribution >= 4 is 32.8 Å². The molecule has 0 aliphatic carbocycles. The summed E-state index contributed by atoms with van der Waals surface area (Å²) in [5.74, 6) is 1.41. The minimum absolute atomic E-state index is 0.488. The van der Waals surface area contributed by atoms with E-state index in [1.165, 1.54) is 17.3 Å². The third-order valence-electron chi connectivity index (χ3n) is 5.71. The molecule has 1 aliphatic heterocycles. The summed E-state index contributed by atoms with van der Waals surface area (Å²) in [6.45, 7) is 8.18. The first-order valence-electron chi connectivity index (χ1n) is 10.2. The monoisotopic (exact) mass is 422 g/mol. The molecular weight excluding hydrogens is 396 g/mol. The molecule has 1 unspecified atom stereocenters. The zero-order valence-corrected chi connectivity index (χ0v) is 18.3. The van der Waals surface area contributed by atoms with Gasteiger partial charge in [0.2, 0.25) is 0 Å². The molecule has 8 heteroatoms. The largest absolute Gasteiger partial charge is 0.495 e. The predicted octanol–water partition coefficient (Wildman–Crippen LogP) is 3.30. The van der Waals surface area contributed by atoms with Crippen LogP contribution in [0.3, 0.4) is 0 Å². The van der Waals surface area contributed by atoms with Crippen molar-refractivity contribution < 1.29 is 4.74 Å². The molecule has 30 heavy (non-hydrogen) atoms. The molecule has 0 radical (unpaired) electrons. The minimum atomic E-state index is 0.488. The predicted molar refractivity (Wildman–Crippen MR) is 122 cm³/mol. The smallest absolute Gasteiger partial charge is 0.152 e. The summed E-state index contributed by atoms with van der Waals surface area (Å²) < 4.78 is 8.73. The molecule has 5 rings (SSSR count). The van der Waals surface area contributed by atoms with Crippen LogP contribution in [0.25, 0.3) is 26.0 Å². The zero-order chi connectivity index (χ0) is 20.8. The number of aromatic nitrogens is 3.